The van der Waals surface area contributed by atoms with Gasteiger partial charge in [0.1, 0.15) is 18.2 Å². The van der Waals surface area contributed by atoms with E-state index < -0.39 is 23.9 Å². The molecule has 6 nitrogen and oxygen atoms in total. The maximum Gasteiger partial charge on any atom is 0.338 e. The minimum Gasteiger partial charge on any atom is -0.486 e. The summed E-state index contributed by atoms with van der Waals surface area (Å²) in [7, 11) is 1.50. The van der Waals surface area contributed by atoms with Gasteiger partial charge in [0, 0.05) is 12.6 Å². The molecule has 1 aliphatic rings. The summed E-state index contributed by atoms with van der Waals surface area (Å²) in [5, 5.41) is 3.05. The number of benzene rings is 2. The lowest BCUT2D eigenvalue weighted by Gasteiger charge is -2.34. The van der Waals surface area contributed by atoms with Crippen molar-refractivity contribution >= 4 is 23.6 Å². The average molecular weight is 419 g/mol. The molecule has 0 radical (unpaired) electrons. The molecule has 0 unspecified atom stereocenters. The first-order chi connectivity index (χ1) is 13.9. The Morgan fingerprint density at radius 3 is 2.59 bits per heavy atom. The number of carbonyl (C=O) groups is 2. The number of urea groups is 1. The molecule has 0 aliphatic carbocycles. The van der Waals surface area contributed by atoms with Gasteiger partial charge in [-0.25, -0.2) is 14.0 Å². The normalized spacial score (nSPS) is 16.5. The summed E-state index contributed by atoms with van der Waals surface area (Å²) < 4.78 is 25.4. The fourth-order valence-corrected chi connectivity index (χ4v) is 3.22. The number of carbonyl (C=O) groups excluding carboxylic acids is 2. The van der Waals surface area contributed by atoms with Gasteiger partial charge < -0.3 is 14.8 Å². The number of ether oxygens (including phenoxy) is 2. The number of nitrogens with zero attached hydrogens (tertiary/aromatic N) is 1. The number of nitrogens with one attached hydrogen (secondary N) is 1. The molecule has 2 aromatic carbocycles. The largest absolute Gasteiger partial charge is 0.486 e. The van der Waals surface area contributed by atoms with Gasteiger partial charge in [-0.2, -0.15) is 0 Å². The molecule has 0 saturated heterocycles. The highest BCUT2D eigenvalue weighted by molar-refractivity contribution is 6.32. The Hall–Kier alpha value is -3.06. The van der Waals surface area contributed by atoms with Crippen molar-refractivity contribution in [2.45, 2.75) is 13.0 Å². The molecule has 2 aromatic rings. The lowest BCUT2D eigenvalue weighted by molar-refractivity contribution is -0.139. The second-order valence-electron chi connectivity index (χ2n) is 6.26. The highest BCUT2D eigenvalue weighted by Crippen LogP contribution is 2.33. The number of hydrogen-bond acceptors (Lipinski definition) is 4. The van der Waals surface area contributed by atoms with E-state index in [1.807, 2.05) is 0 Å². The first-order valence-electron chi connectivity index (χ1n) is 9.00. The molecular formula is C21H20ClFN2O4. The van der Waals surface area contributed by atoms with Crippen LogP contribution in [-0.2, 0) is 9.53 Å². The van der Waals surface area contributed by atoms with E-state index in [4.69, 9.17) is 21.1 Å². The van der Waals surface area contributed by atoms with Crippen LogP contribution in [0, 0.1) is 5.82 Å². The molecule has 0 saturated carbocycles. The number of hydrogen-bond donors (Lipinski definition) is 1. The molecule has 1 heterocycles. The van der Waals surface area contributed by atoms with Crippen molar-refractivity contribution in [1.29, 1.82) is 0 Å². The van der Waals surface area contributed by atoms with E-state index in [1.165, 1.54) is 30.1 Å². The van der Waals surface area contributed by atoms with Crippen molar-refractivity contribution < 1.29 is 23.5 Å². The Labute approximate surface area is 172 Å². The zero-order valence-electron chi connectivity index (χ0n) is 15.9. The summed E-state index contributed by atoms with van der Waals surface area (Å²) in [6.07, 6.45) is 0. The van der Waals surface area contributed by atoms with E-state index in [9.17, 15) is 14.0 Å². The van der Waals surface area contributed by atoms with E-state index in [0.29, 0.717) is 10.8 Å². The lowest BCUT2D eigenvalue weighted by atomic mass is 9.94. The molecule has 152 valence electrons. The van der Waals surface area contributed by atoms with Crippen LogP contribution in [0.5, 0.6) is 5.75 Å². The monoisotopic (exact) mass is 418 g/mol. The van der Waals surface area contributed by atoms with Crippen LogP contribution in [0.1, 0.15) is 18.5 Å². The number of likely N-dealkylation sites (N-methyl/N-ethyl adjacent to an activating group) is 1. The van der Waals surface area contributed by atoms with Crippen LogP contribution in [0.3, 0.4) is 0 Å². The summed E-state index contributed by atoms with van der Waals surface area (Å²) in [4.78, 5) is 26.6. The first kappa shape index (κ1) is 20.7. The zero-order valence-corrected chi connectivity index (χ0v) is 16.7. The number of rotatable bonds is 6. The van der Waals surface area contributed by atoms with Crippen molar-refractivity contribution in [3.63, 3.8) is 0 Å². The Morgan fingerprint density at radius 1 is 1.21 bits per heavy atom. The summed E-state index contributed by atoms with van der Waals surface area (Å²) in [6, 6.07) is 11.3. The second-order valence-corrected chi connectivity index (χ2v) is 6.67. The van der Waals surface area contributed by atoms with Gasteiger partial charge in [0.2, 0.25) is 0 Å². The number of halogens is 2. The molecule has 2 amide bonds. The number of para-hydroxylation sites is 1. The lowest BCUT2D eigenvalue weighted by Crippen LogP contribution is -2.48. The highest BCUT2D eigenvalue weighted by atomic mass is 35.5. The summed E-state index contributed by atoms with van der Waals surface area (Å²) in [5.74, 6) is -0.812. The maximum atomic E-state index is 14.5. The summed E-state index contributed by atoms with van der Waals surface area (Å²) in [6.45, 7) is 1.66. The van der Waals surface area contributed by atoms with Crippen molar-refractivity contribution in [3.8, 4) is 5.75 Å². The smallest absolute Gasteiger partial charge is 0.338 e. The standard InChI is InChI=1S/C21H20ClFN2O4/c1-3-28-20(26)18-16(12-29-17-11-7-5-9-14(17)22)25(2)21(27)24-19(18)13-8-4-6-10-15(13)23/h4-11,19H,3,12H2,1-2H3,(H,24,27)/t19-/m1/s1. The molecule has 1 aliphatic heterocycles. The van der Waals surface area contributed by atoms with Crippen LogP contribution in [0.25, 0.3) is 0 Å². The highest BCUT2D eigenvalue weighted by Gasteiger charge is 2.38. The van der Waals surface area contributed by atoms with Gasteiger partial charge in [0.15, 0.2) is 0 Å². The minimum absolute atomic E-state index is 0.103. The Bertz CT molecular complexity index is 963. The van der Waals surface area contributed by atoms with Crippen molar-refractivity contribution in [3.05, 3.63) is 76.2 Å². The van der Waals surface area contributed by atoms with E-state index in [0.717, 1.165) is 0 Å². The quantitative estimate of drug-likeness (QED) is 0.718. The van der Waals surface area contributed by atoms with Gasteiger partial charge in [0.05, 0.1) is 28.9 Å². The van der Waals surface area contributed by atoms with Gasteiger partial charge in [-0.05, 0) is 25.1 Å². The van der Waals surface area contributed by atoms with E-state index >= 15 is 0 Å². The van der Waals surface area contributed by atoms with Crippen LogP contribution in [0.2, 0.25) is 5.02 Å². The van der Waals surface area contributed by atoms with E-state index in [2.05, 4.69) is 5.32 Å². The topological polar surface area (TPSA) is 67.9 Å². The molecule has 0 bridgehead atoms. The average Bonchev–Trinajstić information content (AvgIpc) is 2.70. The molecule has 0 aromatic heterocycles. The van der Waals surface area contributed by atoms with Gasteiger partial charge in [-0.15, -0.1) is 0 Å². The van der Waals surface area contributed by atoms with Crippen LogP contribution in [0.15, 0.2) is 59.8 Å². The first-order valence-corrected chi connectivity index (χ1v) is 9.38. The van der Waals surface area contributed by atoms with Gasteiger partial charge in [-0.3, -0.25) is 4.90 Å². The third-order valence-electron chi connectivity index (χ3n) is 4.49. The van der Waals surface area contributed by atoms with Crippen LogP contribution >= 0.6 is 11.6 Å². The Morgan fingerprint density at radius 2 is 1.90 bits per heavy atom. The van der Waals surface area contributed by atoms with Gasteiger partial charge in [-0.1, -0.05) is 41.9 Å². The minimum atomic E-state index is -1.01. The molecule has 3 rings (SSSR count). The van der Waals surface area contributed by atoms with Crippen molar-refractivity contribution in [2.75, 3.05) is 20.3 Å². The fourth-order valence-electron chi connectivity index (χ4n) is 3.03. The third-order valence-corrected chi connectivity index (χ3v) is 4.80. The van der Waals surface area contributed by atoms with Crippen LogP contribution < -0.4 is 10.1 Å². The van der Waals surface area contributed by atoms with Crippen molar-refractivity contribution in [1.82, 2.24) is 10.2 Å². The summed E-state index contributed by atoms with van der Waals surface area (Å²) in [5.41, 5.74) is 0.527. The fraction of sp³-hybridized carbons (Fsp3) is 0.238. The molecule has 29 heavy (non-hydrogen) atoms. The number of esters is 1. The predicted molar refractivity (Wildman–Crippen MR) is 106 cm³/mol. The Balaban J connectivity index is 2.07. The second kappa shape index (κ2) is 8.96. The molecule has 0 fully saturated rings. The van der Waals surface area contributed by atoms with E-state index in [-0.39, 0.29) is 30.0 Å². The predicted octanol–water partition coefficient (Wildman–Crippen LogP) is 4.07. The van der Waals surface area contributed by atoms with Crippen molar-refractivity contribution in [2.24, 2.45) is 0 Å². The van der Waals surface area contributed by atoms with Crippen LogP contribution in [0.4, 0.5) is 9.18 Å². The van der Waals surface area contributed by atoms with E-state index in [1.54, 1.807) is 37.3 Å². The van der Waals surface area contributed by atoms with Gasteiger partial charge in [0.25, 0.3) is 0 Å². The molecule has 0 spiro atoms. The molecule has 1 N–H and O–H groups in total. The SMILES string of the molecule is CCOC(=O)C1=C(COc2ccccc2Cl)N(C)C(=O)N[C@@H]1c1ccccc1F. The third kappa shape index (κ3) is 4.35. The zero-order chi connectivity index (χ0) is 21.0. The maximum absolute atomic E-state index is 14.5. The Kier molecular flexibility index (Phi) is 6.39. The van der Waals surface area contributed by atoms with Crippen LogP contribution in [-0.4, -0.2) is 37.2 Å². The molecular weight excluding hydrogens is 399 g/mol. The summed E-state index contributed by atoms with van der Waals surface area (Å²) >= 11 is 6.13. The van der Waals surface area contributed by atoms with Gasteiger partial charge >= 0.3 is 12.0 Å². The molecule has 1 atom stereocenters. The number of amides is 2. The molecule has 8 heteroatoms.